The van der Waals surface area contributed by atoms with Crippen molar-refractivity contribution in [3.63, 3.8) is 0 Å². The highest BCUT2D eigenvalue weighted by Gasteiger charge is 2.44. The molecule has 0 amide bonds. The Bertz CT molecular complexity index is 1010. The second-order valence-electron chi connectivity index (χ2n) is 7.14. The maximum atomic E-state index is 6.41. The number of anilines is 1. The molecule has 3 heteroatoms. The molecule has 0 atom stereocenters. The summed E-state index contributed by atoms with van der Waals surface area (Å²) >= 11 is 6.41. The third-order valence-electron chi connectivity index (χ3n) is 5.34. The molecule has 0 aliphatic rings. The zero-order valence-corrected chi connectivity index (χ0v) is 18.3. The summed E-state index contributed by atoms with van der Waals surface area (Å²) in [7, 11) is -1.89. The van der Waals surface area contributed by atoms with Crippen LogP contribution in [0.15, 0.2) is 115 Å². The lowest BCUT2D eigenvalue weighted by molar-refractivity contribution is 1.61. The van der Waals surface area contributed by atoms with E-state index in [1.807, 2.05) is 18.2 Å². The fourth-order valence-corrected chi connectivity index (χ4v) is 8.11. The first kappa shape index (κ1) is 20.4. The van der Waals surface area contributed by atoms with Crippen molar-refractivity contribution in [3.05, 3.63) is 126 Å². The number of allylic oxidation sites excluding steroid dienone is 1. The number of nitrogen functional groups attached to an aromatic ring is 1. The van der Waals surface area contributed by atoms with Gasteiger partial charge in [-0.05, 0) is 54.6 Å². The van der Waals surface area contributed by atoms with E-state index in [-0.39, 0.29) is 0 Å². The monoisotopic (exact) mass is 428 g/mol. The minimum absolute atomic E-state index is 0.675. The molecule has 0 aromatic heterocycles. The Kier molecular flexibility index (Phi) is 6.33. The number of rotatable bonds is 6. The van der Waals surface area contributed by atoms with Crippen LogP contribution in [-0.4, -0.2) is 6.16 Å². The quantitative estimate of drug-likeness (QED) is 0.299. The van der Waals surface area contributed by atoms with Gasteiger partial charge in [-0.3, -0.25) is 0 Å². The summed E-state index contributed by atoms with van der Waals surface area (Å²) in [6, 6.07) is 38.2. The van der Waals surface area contributed by atoms with E-state index in [2.05, 4.69) is 103 Å². The van der Waals surface area contributed by atoms with E-state index in [0.29, 0.717) is 10.7 Å². The molecule has 4 aromatic rings. The Morgan fingerprint density at radius 2 is 1.10 bits per heavy atom. The molecule has 0 saturated heterocycles. The van der Waals surface area contributed by atoms with Gasteiger partial charge in [-0.2, -0.15) is 0 Å². The molecule has 0 heterocycles. The summed E-state index contributed by atoms with van der Waals surface area (Å²) in [5, 5.41) is 4.76. The van der Waals surface area contributed by atoms with Crippen molar-refractivity contribution in [1.29, 1.82) is 0 Å². The summed E-state index contributed by atoms with van der Waals surface area (Å²) in [4.78, 5) is 0. The lowest BCUT2D eigenvalue weighted by Gasteiger charge is -2.26. The highest BCUT2D eigenvalue weighted by molar-refractivity contribution is 7.95. The molecule has 4 aromatic carbocycles. The molecule has 148 valence electrons. The predicted molar refractivity (Wildman–Crippen MR) is 135 cm³/mol. The molecule has 0 aliphatic carbocycles. The average Bonchev–Trinajstić information content (AvgIpc) is 2.80. The maximum absolute atomic E-state index is 6.41. The predicted octanol–water partition coefficient (Wildman–Crippen LogP) is 5.93. The van der Waals surface area contributed by atoms with E-state index >= 15 is 0 Å². The van der Waals surface area contributed by atoms with Crippen molar-refractivity contribution in [2.24, 2.45) is 0 Å². The maximum Gasteiger partial charge on any atom is 0.115 e. The van der Waals surface area contributed by atoms with E-state index in [0.717, 1.165) is 11.7 Å². The second kappa shape index (κ2) is 9.30. The van der Waals surface area contributed by atoms with Crippen LogP contribution in [0.2, 0.25) is 5.02 Å². The zero-order chi connectivity index (χ0) is 20.8. The number of benzene rings is 4. The fourth-order valence-electron chi connectivity index (χ4n) is 3.87. The van der Waals surface area contributed by atoms with Gasteiger partial charge in [0.1, 0.15) is 23.2 Å². The smallest absolute Gasteiger partial charge is 0.115 e. The molecule has 2 N–H and O–H groups in total. The van der Waals surface area contributed by atoms with Gasteiger partial charge in [0.05, 0.1) is 6.16 Å². The van der Waals surface area contributed by atoms with Gasteiger partial charge in [0.15, 0.2) is 0 Å². The van der Waals surface area contributed by atoms with Crippen molar-refractivity contribution in [2.45, 2.75) is 0 Å². The fraction of sp³-hybridized carbons (Fsp3) is 0.0370. The van der Waals surface area contributed by atoms with Crippen LogP contribution < -0.4 is 21.6 Å². The Balaban J connectivity index is 1.88. The van der Waals surface area contributed by atoms with Crippen LogP contribution in [0.25, 0.3) is 6.08 Å². The Hall–Kier alpha value is -2.86. The van der Waals surface area contributed by atoms with Crippen molar-refractivity contribution in [1.82, 2.24) is 0 Å². The van der Waals surface area contributed by atoms with Gasteiger partial charge in [-0.25, -0.2) is 0 Å². The van der Waals surface area contributed by atoms with Crippen molar-refractivity contribution < 1.29 is 0 Å². The molecule has 0 aliphatic heterocycles. The first-order chi connectivity index (χ1) is 14.7. The van der Waals surface area contributed by atoms with Crippen LogP contribution in [0.4, 0.5) is 5.69 Å². The summed E-state index contributed by atoms with van der Waals surface area (Å²) in [6.07, 6.45) is 5.19. The first-order valence-corrected chi connectivity index (χ1v) is 12.3. The highest BCUT2D eigenvalue weighted by Crippen LogP contribution is 2.55. The van der Waals surface area contributed by atoms with Crippen LogP contribution in [0, 0.1) is 0 Å². The Labute approximate surface area is 184 Å². The number of hydrogen-bond donors (Lipinski definition) is 1. The normalized spacial score (nSPS) is 11.6. The molecular formula is C27H24ClNP+. The summed E-state index contributed by atoms with van der Waals surface area (Å²) in [5.41, 5.74) is 7.76. The van der Waals surface area contributed by atoms with Gasteiger partial charge in [-0.1, -0.05) is 78.3 Å². The highest BCUT2D eigenvalue weighted by atomic mass is 35.5. The molecule has 0 radical (unpaired) electrons. The topological polar surface area (TPSA) is 26.0 Å². The molecule has 0 unspecified atom stereocenters. The second-order valence-corrected chi connectivity index (χ2v) is 11.1. The third kappa shape index (κ3) is 4.05. The summed E-state index contributed by atoms with van der Waals surface area (Å²) in [6.45, 7) is 0. The van der Waals surface area contributed by atoms with Crippen molar-refractivity contribution in [2.75, 3.05) is 11.9 Å². The average molecular weight is 429 g/mol. The van der Waals surface area contributed by atoms with E-state index in [1.165, 1.54) is 15.9 Å². The van der Waals surface area contributed by atoms with E-state index < -0.39 is 7.26 Å². The van der Waals surface area contributed by atoms with Gasteiger partial charge >= 0.3 is 0 Å². The van der Waals surface area contributed by atoms with Crippen LogP contribution >= 0.6 is 18.9 Å². The number of nitrogens with two attached hydrogens (primary N) is 1. The van der Waals surface area contributed by atoms with Crippen molar-refractivity contribution >= 4 is 46.5 Å². The van der Waals surface area contributed by atoms with Gasteiger partial charge < -0.3 is 5.73 Å². The van der Waals surface area contributed by atoms with Gasteiger partial charge in [0.25, 0.3) is 0 Å². The molecule has 30 heavy (non-hydrogen) atoms. The number of halogens is 1. The van der Waals surface area contributed by atoms with Crippen molar-refractivity contribution in [3.8, 4) is 0 Å². The van der Waals surface area contributed by atoms with Gasteiger partial charge in [-0.15, -0.1) is 0 Å². The Morgan fingerprint density at radius 1 is 0.633 bits per heavy atom. The lowest BCUT2D eigenvalue weighted by Crippen LogP contribution is -2.32. The largest absolute Gasteiger partial charge is 0.398 e. The molecule has 0 bridgehead atoms. The molecule has 0 saturated carbocycles. The van der Waals surface area contributed by atoms with Crippen LogP contribution in [0.3, 0.4) is 0 Å². The molecule has 4 rings (SSSR count). The summed E-state index contributed by atoms with van der Waals surface area (Å²) in [5.74, 6) is 0. The SMILES string of the molecule is Nc1cccc(Cl)c1/C=C\C[P+](c1ccccc1)(c1ccccc1)c1ccccc1. The van der Waals surface area contributed by atoms with E-state index in [9.17, 15) is 0 Å². The minimum Gasteiger partial charge on any atom is -0.398 e. The minimum atomic E-state index is -1.89. The zero-order valence-electron chi connectivity index (χ0n) is 16.7. The van der Waals surface area contributed by atoms with E-state index in [4.69, 9.17) is 17.3 Å². The van der Waals surface area contributed by atoms with Crippen LogP contribution in [0.1, 0.15) is 5.56 Å². The Morgan fingerprint density at radius 3 is 1.53 bits per heavy atom. The van der Waals surface area contributed by atoms with Gasteiger partial charge in [0, 0.05) is 16.3 Å². The number of hydrogen-bond acceptors (Lipinski definition) is 1. The standard InChI is InChI=1S/C27H24ClNP/c28-26-19-10-20-27(29)25(26)18-11-21-30(22-12-4-1-5-13-22,23-14-6-2-7-15-23)24-16-8-3-9-17-24/h1-20H,21,29H2/q+1/b18-11-. The molecule has 1 nitrogen and oxygen atoms in total. The first-order valence-electron chi connectivity index (χ1n) is 9.97. The van der Waals surface area contributed by atoms with Crippen LogP contribution in [0.5, 0.6) is 0 Å². The van der Waals surface area contributed by atoms with Crippen LogP contribution in [-0.2, 0) is 0 Å². The van der Waals surface area contributed by atoms with E-state index in [1.54, 1.807) is 0 Å². The van der Waals surface area contributed by atoms with Gasteiger partial charge in [0.2, 0.25) is 0 Å². The third-order valence-corrected chi connectivity index (χ3v) is 9.97. The molecule has 0 spiro atoms. The summed E-state index contributed by atoms with van der Waals surface area (Å²) < 4.78 is 0. The molecular weight excluding hydrogens is 405 g/mol. The lowest BCUT2D eigenvalue weighted by atomic mass is 10.1. The molecule has 0 fully saturated rings.